The van der Waals surface area contributed by atoms with Gasteiger partial charge in [0.15, 0.2) is 0 Å². The van der Waals surface area contributed by atoms with E-state index >= 15 is 0 Å². The third-order valence-corrected chi connectivity index (χ3v) is 18.4. The van der Waals surface area contributed by atoms with Crippen molar-refractivity contribution in [2.75, 3.05) is 57.7 Å². The molecule has 0 fully saturated rings. The Labute approximate surface area is 608 Å². The molecule has 7 nitrogen and oxygen atoms in total. The molecule has 103 heavy (non-hydrogen) atoms. The van der Waals surface area contributed by atoms with Gasteiger partial charge in [-0.2, -0.15) is 0 Å². The molecule has 0 N–H and O–H groups in total. The van der Waals surface area contributed by atoms with Crippen LogP contribution in [0.25, 0.3) is 33.4 Å². The highest BCUT2D eigenvalue weighted by Crippen LogP contribution is 2.42. The second-order valence-corrected chi connectivity index (χ2v) is 25.4. The van der Waals surface area contributed by atoms with Crippen molar-refractivity contribution in [2.45, 2.75) is 13.8 Å². The highest BCUT2D eigenvalue weighted by atomic mass is 16.5. The van der Waals surface area contributed by atoms with Gasteiger partial charge in [0.2, 0.25) is 0 Å². The van der Waals surface area contributed by atoms with E-state index in [9.17, 15) is 0 Å². The topological polar surface area (TPSA) is 28.7 Å². The van der Waals surface area contributed by atoms with E-state index in [-0.39, 0.29) is 0 Å². The minimum Gasteiger partial charge on any atom is -0.497 e. The zero-order valence-electron chi connectivity index (χ0n) is 59.2. The van der Waals surface area contributed by atoms with Crippen LogP contribution in [0, 0.1) is 13.8 Å². The molecule has 0 saturated carbocycles. The molecular formula is C96H84N6O. The molecule has 0 aliphatic carbocycles. The Balaban J connectivity index is 0.000000138. The van der Waals surface area contributed by atoms with Crippen molar-refractivity contribution < 1.29 is 4.74 Å². The van der Waals surface area contributed by atoms with E-state index in [1.54, 1.807) is 7.11 Å². The smallest absolute Gasteiger partial charge is 0.119 e. The van der Waals surface area contributed by atoms with Crippen molar-refractivity contribution in [3.63, 3.8) is 0 Å². The Bertz CT molecular complexity index is 5110. The Hall–Kier alpha value is -13.1. The van der Waals surface area contributed by atoms with Crippen molar-refractivity contribution in [2.24, 2.45) is 0 Å². The summed E-state index contributed by atoms with van der Waals surface area (Å²) in [6, 6.07) is 141. The highest BCUT2D eigenvalue weighted by Gasteiger charge is 2.19. The number of ether oxygens (including phenoxy) is 1. The Kier molecular flexibility index (Phi) is 22.0. The van der Waals surface area contributed by atoms with E-state index in [4.69, 9.17) is 4.74 Å². The maximum atomic E-state index is 5.29. The lowest BCUT2D eigenvalue weighted by Gasteiger charge is -2.27. The van der Waals surface area contributed by atoms with Crippen LogP contribution in [0.5, 0.6) is 5.75 Å². The van der Waals surface area contributed by atoms with Crippen LogP contribution in [-0.2, 0) is 0 Å². The summed E-state index contributed by atoms with van der Waals surface area (Å²) in [6.45, 7) is 4.24. The fraction of sp³-hybridized carbons (Fsp3) is 0.0625. The van der Waals surface area contributed by atoms with Crippen LogP contribution in [0.15, 0.2) is 400 Å². The fourth-order valence-corrected chi connectivity index (χ4v) is 12.8. The van der Waals surface area contributed by atoms with Crippen LogP contribution in [-0.4, -0.2) is 28.3 Å². The molecule has 0 amide bonds. The summed E-state index contributed by atoms with van der Waals surface area (Å²) in [5.74, 6) is 0.855. The molecule has 15 rings (SSSR count). The molecule has 0 spiro atoms. The van der Waals surface area contributed by atoms with Gasteiger partial charge in [-0.15, -0.1) is 0 Å². The van der Waals surface area contributed by atoms with E-state index in [1.807, 2.05) is 18.2 Å². The standard InChI is InChI=1S/C32H28N2O.2C32H28N2/c1-33(28-20-22-32(35-2)23-21-28)27-16-18-30(19-17-27)34(29-13-7-4-8-14-29)31-15-9-12-26(24-31)25-10-5-3-6-11-25;1-25-11-9-17-31(23-25)33(2)28-19-21-30(22-20-28)34(29-15-7-4-8-16-29)32-18-10-14-27(24-32)26-12-5-3-6-13-26;1-25-16-18-28(19-17-25)33(2)29-20-22-31(23-21-29)34(30-13-7-4-8-14-30)32-15-9-12-27(24-32)26-10-5-3-6-11-26/h3-24H,1-2H3;2*3-24H,1-2H3. The molecule has 0 aromatic heterocycles. The lowest BCUT2D eigenvalue weighted by molar-refractivity contribution is 0.415. The van der Waals surface area contributed by atoms with Gasteiger partial charge in [0.25, 0.3) is 0 Å². The van der Waals surface area contributed by atoms with Gasteiger partial charge in [0.05, 0.1) is 7.11 Å². The van der Waals surface area contributed by atoms with Crippen LogP contribution >= 0.6 is 0 Å². The first-order valence-corrected chi connectivity index (χ1v) is 34.9. The predicted octanol–water partition coefficient (Wildman–Crippen LogP) is 26.4. The van der Waals surface area contributed by atoms with Gasteiger partial charge >= 0.3 is 0 Å². The van der Waals surface area contributed by atoms with Gasteiger partial charge in [0, 0.05) is 106 Å². The summed E-state index contributed by atoms with van der Waals surface area (Å²) in [5.41, 5.74) is 26.8. The first kappa shape index (κ1) is 68.4. The molecule has 0 unspecified atom stereocenters. The van der Waals surface area contributed by atoms with Gasteiger partial charge in [-0.05, 0) is 247 Å². The lowest BCUT2D eigenvalue weighted by Crippen LogP contribution is -2.12. The molecule has 0 bridgehead atoms. The van der Waals surface area contributed by atoms with E-state index in [2.05, 4.69) is 447 Å². The average molecular weight is 1340 g/mol. The summed E-state index contributed by atoms with van der Waals surface area (Å²) < 4.78 is 5.29. The number of anilines is 15. The first-order chi connectivity index (χ1) is 50.6. The van der Waals surface area contributed by atoms with Crippen LogP contribution in [0.3, 0.4) is 0 Å². The summed E-state index contributed by atoms with van der Waals surface area (Å²) >= 11 is 0. The van der Waals surface area contributed by atoms with Crippen molar-refractivity contribution in [1.82, 2.24) is 0 Å². The molecule has 7 heteroatoms. The van der Waals surface area contributed by atoms with Gasteiger partial charge in [-0.3, -0.25) is 0 Å². The predicted molar refractivity (Wildman–Crippen MR) is 439 cm³/mol. The molecule has 0 aliphatic heterocycles. The minimum absolute atomic E-state index is 0.855. The van der Waals surface area contributed by atoms with E-state index in [0.29, 0.717) is 0 Å². The fourth-order valence-electron chi connectivity index (χ4n) is 12.8. The maximum absolute atomic E-state index is 5.29. The lowest BCUT2D eigenvalue weighted by atomic mass is 10.0. The monoisotopic (exact) mass is 1340 g/mol. The molecule has 0 atom stereocenters. The SMILES string of the molecule is COc1ccc(N(C)c2ccc(N(c3ccccc3)c3cccc(-c4ccccc4)c3)cc2)cc1.Cc1ccc(N(C)c2ccc(N(c3ccccc3)c3cccc(-c4ccccc4)c3)cc2)cc1.Cc1cccc(N(C)c2ccc(N(c3ccccc3)c3cccc(-c4ccccc4)c3)cc2)c1. The van der Waals surface area contributed by atoms with Crippen molar-refractivity contribution >= 4 is 85.3 Å². The number of benzene rings is 15. The second kappa shape index (κ2) is 33.2. The van der Waals surface area contributed by atoms with Crippen molar-refractivity contribution in [3.05, 3.63) is 412 Å². The number of rotatable bonds is 19. The number of hydrogen-bond acceptors (Lipinski definition) is 7. The number of nitrogens with zero attached hydrogens (tertiary/aromatic N) is 6. The Morgan fingerprint density at radius 3 is 0.699 bits per heavy atom. The molecule has 0 saturated heterocycles. The third kappa shape index (κ3) is 17.0. The molecular weight excluding hydrogens is 1250 g/mol. The van der Waals surface area contributed by atoms with E-state index < -0.39 is 0 Å². The highest BCUT2D eigenvalue weighted by molar-refractivity contribution is 5.85. The van der Waals surface area contributed by atoms with Crippen LogP contribution in [0.4, 0.5) is 85.3 Å². The second-order valence-electron chi connectivity index (χ2n) is 25.4. The van der Waals surface area contributed by atoms with Gasteiger partial charge in [-0.25, -0.2) is 0 Å². The average Bonchev–Trinajstić information content (AvgIpc) is 0.834. The molecule has 504 valence electrons. The van der Waals surface area contributed by atoms with Crippen LogP contribution in [0.1, 0.15) is 11.1 Å². The normalized spacial score (nSPS) is 10.6. The zero-order chi connectivity index (χ0) is 70.7. The number of aryl methyl sites for hydroxylation is 2. The van der Waals surface area contributed by atoms with Crippen LogP contribution < -0.4 is 34.1 Å². The minimum atomic E-state index is 0.855. The zero-order valence-corrected chi connectivity index (χ0v) is 59.2. The van der Waals surface area contributed by atoms with E-state index in [0.717, 1.165) is 79.7 Å². The van der Waals surface area contributed by atoms with E-state index in [1.165, 1.54) is 55.9 Å². The van der Waals surface area contributed by atoms with Crippen molar-refractivity contribution in [1.29, 1.82) is 0 Å². The molecule has 15 aromatic rings. The quantitative estimate of drug-likeness (QED) is 0.0797. The summed E-state index contributed by atoms with van der Waals surface area (Å²) in [7, 11) is 7.99. The molecule has 0 radical (unpaired) electrons. The van der Waals surface area contributed by atoms with Gasteiger partial charge in [0.1, 0.15) is 5.75 Å². The summed E-state index contributed by atoms with van der Waals surface area (Å²) in [4.78, 5) is 13.5. The maximum Gasteiger partial charge on any atom is 0.119 e. The largest absolute Gasteiger partial charge is 0.497 e. The first-order valence-electron chi connectivity index (χ1n) is 34.9. The molecule has 0 aliphatic rings. The Morgan fingerprint density at radius 1 is 0.175 bits per heavy atom. The van der Waals surface area contributed by atoms with Crippen molar-refractivity contribution in [3.8, 4) is 39.1 Å². The summed E-state index contributed by atoms with van der Waals surface area (Å²) in [5, 5.41) is 0. The van der Waals surface area contributed by atoms with Gasteiger partial charge < -0.3 is 34.1 Å². The third-order valence-electron chi connectivity index (χ3n) is 18.4. The molecule has 0 heterocycles. The molecule has 15 aromatic carbocycles. The summed E-state index contributed by atoms with van der Waals surface area (Å²) in [6.07, 6.45) is 0. The number of hydrogen-bond donors (Lipinski definition) is 0. The number of methoxy groups -OCH3 is 1. The van der Waals surface area contributed by atoms with Gasteiger partial charge in [-0.1, -0.05) is 212 Å². The number of para-hydroxylation sites is 3. The Morgan fingerprint density at radius 2 is 0.398 bits per heavy atom. The van der Waals surface area contributed by atoms with Crippen LogP contribution in [0.2, 0.25) is 0 Å².